The molecule has 1 aromatic carbocycles. The Hall–Kier alpha value is -1.31. The molecule has 0 aromatic heterocycles. The van der Waals surface area contributed by atoms with E-state index in [0.29, 0.717) is 12.3 Å². The number of benzene rings is 1. The summed E-state index contributed by atoms with van der Waals surface area (Å²) in [6, 6.07) is 2.26. The number of nitrogens with one attached hydrogen (secondary N) is 1. The van der Waals surface area contributed by atoms with E-state index in [1.807, 2.05) is 0 Å². The molecule has 1 N–H and O–H groups in total. The predicted octanol–water partition coefficient (Wildman–Crippen LogP) is 2.91. The van der Waals surface area contributed by atoms with Gasteiger partial charge in [-0.3, -0.25) is 4.79 Å². The largest absolute Gasteiger partial charge is 0.355 e. The third kappa shape index (κ3) is 2.21. The second-order valence-electron chi connectivity index (χ2n) is 5.21. The van der Waals surface area contributed by atoms with Crippen molar-refractivity contribution in [3.05, 3.63) is 33.9 Å². The van der Waals surface area contributed by atoms with Gasteiger partial charge < -0.3 is 5.32 Å². The van der Waals surface area contributed by atoms with Crippen LogP contribution in [0.25, 0.3) is 0 Å². The minimum Gasteiger partial charge on any atom is -0.355 e. The Labute approximate surface area is 103 Å². The fraction of sp³-hybridized carbons (Fsp3) is 0.533. The molecule has 17 heavy (non-hydrogen) atoms. The highest BCUT2D eigenvalue weighted by Crippen LogP contribution is 2.32. The van der Waals surface area contributed by atoms with E-state index in [9.17, 15) is 4.79 Å². The van der Waals surface area contributed by atoms with Crippen LogP contribution in [0.5, 0.6) is 0 Å². The highest BCUT2D eigenvalue weighted by molar-refractivity contribution is 5.77. The maximum Gasteiger partial charge on any atom is 0.220 e. The summed E-state index contributed by atoms with van der Waals surface area (Å²) in [4.78, 5) is 11.2. The van der Waals surface area contributed by atoms with Crippen LogP contribution in [-0.4, -0.2) is 12.5 Å². The van der Waals surface area contributed by atoms with E-state index in [1.54, 1.807) is 0 Å². The lowest BCUT2D eigenvalue weighted by molar-refractivity contribution is -0.122. The molecule has 1 heterocycles. The maximum absolute atomic E-state index is 11.2. The molecule has 1 fully saturated rings. The van der Waals surface area contributed by atoms with Crippen LogP contribution in [0, 0.1) is 27.7 Å². The Kier molecular flexibility index (Phi) is 3.23. The number of rotatable bonds is 1. The van der Waals surface area contributed by atoms with Gasteiger partial charge in [-0.1, -0.05) is 6.07 Å². The third-order valence-corrected chi connectivity index (χ3v) is 4.10. The van der Waals surface area contributed by atoms with Crippen LogP contribution < -0.4 is 5.32 Å². The van der Waals surface area contributed by atoms with Crippen LogP contribution in [0.1, 0.15) is 46.6 Å². The van der Waals surface area contributed by atoms with Gasteiger partial charge in [0.25, 0.3) is 0 Å². The molecule has 92 valence electrons. The van der Waals surface area contributed by atoms with Gasteiger partial charge in [0.1, 0.15) is 0 Å². The molecule has 1 aromatic rings. The highest BCUT2D eigenvalue weighted by Gasteiger charge is 2.23. The van der Waals surface area contributed by atoms with Crippen LogP contribution in [0.15, 0.2) is 6.07 Å². The molecule has 1 unspecified atom stereocenters. The SMILES string of the molecule is Cc1cc(C)c(C)c(C2CCC(=O)NC2)c1C. The van der Waals surface area contributed by atoms with E-state index in [1.165, 1.54) is 27.8 Å². The van der Waals surface area contributed by atoms with Gasteiger partial charge in [-0.2, -0.15) is 0 Å². The standard InChI is InChI=1S/C15H21NO/c1-9-7-10(2)12(4)15(11(9)3)13-5-6-14(17)16-8-13/h7,13H,5-6,8H2,1-4H3,(H,16,17). The second kappa shape index (κ2) is 4.52. The minimum atomic E-state index is 0.195. The van der Waals surface area contributed by atoms with E-state index in [2.05, 4.69) is 39.1 Å². The molecule has 1 atom stereocenters. The van der Waals surface area contributed by atoms with Crippen molar-refractivity contribution in [1.29, 1.82) is 0 Å². The molecule has 2 nitrogen and oxygen atoms in total. The van der Waals surface area contributed by atoms with Crippen LogP contribution >= 0.6 is 0 Å². The Bertz CT molecular complexity index is 426. The van der Waals surface area contributed by atoms with Gasteiger partial charge in [0.15, 0.2) is 0 Å². The number of amides is 1. The monoisotopic (exact) mass is 231 g/mol. The average molecular weight is 231 g/mol. The van der Waals surface area contributed by atoms with Gasteiger partial charge >= 0.3 is 0 Å². The lowest BCUT2D eigenvalue weighted by atomic mass is 9.82. The van der Waals surface area contributed by atoms with E-state index in [0.717, 1.165) is 13.0 Å². The summed E-state index contributed by atoms with van der Waals surface area (Å²) in [7, 11) is 0. The zero-order chi connectivity index (χ0) is 12.6. The Balaban J connectivity index is 2.41. The van der Waals surface area contributed by atoms with Gasteiger partial charge in [0, 0.05) is 18.9 Å². The number of hydrogen-bond donors (Lipinski definition) is 1. The lowest BCUT2D eigenvalue weighted by Crippen LogP contribution is -2.34. The molecule has 1 amide bonds. The minimum absolute atomic E-state index is 0.195. The quantitative estimate of drug-likeness (QED) is 0.791. The zero-order valence-electron chi connectivity index (χ0n) is 11.2. The van der Waals surface area contributed by atoms with Crippen LogP contribution in [0.4, 0.5) is 0 Å². The van der Waals surface area contributed by atoms with Crippen LogP contribution in [-0.2, 0) is 4.79 Å². The molecule has 0 aliphatic carbocycles. The van der Waals surface area contributed by atoms with E-state index in [-0.39, 0.29) is 5.91 Å². The van der Waals surface area contributed by atoms with Crippen molar-refractivity contribution in [2.75, 3.05) is 6.54 Å². The summed E-state index contributed by atoms with van der Waals surface area (Å²) in [5.41, 5.74) is 6.98. The highest BCUT2D eigenvalue weighted by atomic mass is 16.1. The van der Waals surface area contributed by atoms with Crippen molar-refractivity contribution in [3.63, 3.8) is 0 Å². The van der Waals surface area contributed by atoms with Crippen molar-refractivity contribution in [2.45, 2.75) is 46.5 Å². The molecular formula is C15H21NO. The van der Waals surface area contributed by atoms with E-state index < -0.39 is 0 Å². The number of carbonyl (C=O) groups excluding carboxylic acids is 1. The van der Waals surface area contributed by atoms with Crippen LogP contribution in [0.3, 0.4) is 0 Å². The first-order chi connectivity index (χ1) is 8.00. The molecule has 2 heteroatoms. The number of carbonyl (C=O) groups is 1. The van der Waals surface area contributed by atoms with E-state index >= 15 is 0 Å². The summed E-state index contributed by atoms with van der Waals surface area (Å²) in [5, 5.41) is 2.99. The fourth-order valence-electron chi connectivity index (χ4n) is 2.84. The zero-order valence-corrected chi connectivity index (χ0v) is 11.2. The summed E-state index contributed by atoms with van der Waals surface area (Å²) in [5.74, 6) is 0.687. The van der Waals surface area contributed by atoms with Gasteiger partial charge in [0.2, 0.25) is 5.91 Å². The number of piperidine rings is 1. The average Bonchev–Trinajstić information content (AvgIpc) is 2.29. The van der Waals surface area contributed by atoms with Gasteiger partial charge in [-0.05, 0) is 61.9 Å². The van der Waals surface area contributed by atoms with Crippen molar-refractivity contribution >= 4 is 5.91 Å². The fourth-order valence-corrected chi connectivity index (χ4v) is 2.84. The first-order valence-corrected chi connectivity index (χ1v) is 6.34. The summed E-state index contributed by atoms with van der Waals surface area (Å²) < 4.78 is 0. The molecular weight excluding hydrogens is 210 g/mol. The molecule has 1 aliphatic heterocycles. The van der Waals surface area contributed by atoms with E-state index in [4.69, 9.17) is 0 Å². The van der Waals surface area contributed by atoms with Crippen molar-refractivity contribution in [3.8, 4) is 0 Å². The second-order valence-corrected chi connectivity index (χ2v) is 5.21. The first-order valence-electron chi connectivity index (χ1n) is 6.34. The number of aryl methyl sites for hydroxylation is 2. The first kappa shape index (κ1) is 12.2. The van der Waals surface area contributed by atoms with Crippen molar-refractivity contribution < 1.29 is 4.79 Å². The Morgan fingerprint density at radius 2 is 1.71 bits per heavy atom. The molecule has 0 radical (unpaired) electrons. The molecule has 0 spiro atoms. The van der Waals surface area contributed by atoms with Gasteiger partial charge in [-0.15, -0.1) is 0 Å². The molecule has 1 aliphatic rings. The van der Waals surface area contributed by atoms with Gasteiger partial charge in [-0.25, -0.2) is 0 Å². The number of hydrogen-bond acceptors (Lipinski definition) is 1. The Morgan fingerprint density at radius 1 is 1.12 bits per heavy atom. The smallest absolute Gasteiger partial charge is 0.220 e. The maximum atomic E-state index is 11.2. The van der Waals surface area contributed by atoms with Crippen molar-refractivity contribution in [1.82, 2.24) is 5.32 Å². The predicted molar refractivity (Wildman–Crippen MR) is 70.4 cm³/mol. The Morgan fingerprint density at radius 3 is 2.18 bits per heavy atom. The summed E-state index contributed by atoms with van der Waals surface area (Å²) in [6.45, 7) is 9.55. The van der Waals surface area contributed by atoms with Crippen molar-refractivity contribution in [2.24, 2.45) is 0 Å². The lowest BCUT2D eigenvalue weighted by Gasteiger charge is -2.27. The summed E-state index contributed by atoms with van der Waals surface area (Å²) >= 11 is 0. The molecule has 0 bridgehead atoms. The summed E-state index contributed by atoms with van der Waals surface area (Å²) in [6.07, 6.45) is 1.65. The van der Waals surface area contributed by atoms with Crippen LogP contribution in [0.2, 0.25) is 0 Å². The molecule has 0 saturated carbocycles. The molecule has 1 saturated heterocycles. The van der Waals surface area contributed by atoms with Gasteiger partial charge in [0.05, 0.1) is 0 Å². The molecule has 2 rings (SSSR count). The third-order valence-electron chi connectivity index (χ3n) is 4.10. The normalized spacial score (nSPS) is 20.2. The topological polar surface area (TPSA) is 29.1 Å².